The first kappa shape index (κ1) is 26.8. The molecule has 0 saturated carbocycles. The highest BCUT2D eigenvalue weighted by Gasteiger charge is 2.18. The van der Waals surface area contributed by atoms with E-state index in [4.69, 9.17) is 18.9 Å². The Morgan fingerprint density at radius 3 is 2.03 bits per heavy atom. The molecule has 4 rings (SSSR count). The van der Waals surface area contributed by atoms with Gasteiger partial charge in [-0.15, -0.1) is 0 Å². The van der Waals surface area contributed by atoms with Gasteiger partial charge in [-0.1, -0.05) is 60.7 Å². The molecule has 0 fully saturated rings. The van der Waals surface area contributed by atoms with E-state index in [1.54, 1.807) is 7.11 Å². The molecule has 0 radical (unpaired) electrons. The van der Waals surface area contributed by atoms with Gasteiger partial charge in [0.1, 0.15) is 17.2 Å². The molecule has 4 aromatic carbocycles. The fraction of sp³-hybridized carbons (Fsp3) is 0.219. The summed E-state index contributed by atoms with van der Waals surface area (Å²) in [5.41, 5.74) is 4.99. The van der Waals surface area contributed by atoms with Crippen LogP contribution < -0.4 is 14.2 Å². The van der Waals surface area contributed by atoms with E-state index in [0.29, 0.717) is 19.6 Å². The number of benzene rings is 4. The van der Waals surface area contributed by atoms with Gasteiger partial charge in [0.05, 0.1) is 20.3 Å². The number of aliphatic carboxylic acids is 1. The van der Waals surface area contributed by atoms with E-state index in [2.05, 4.69) is 24.3 Å². The Kier molecular flexibility index (Phi) is 9.37. The monoisotopic (exact) mass is 512 g/mol. The number of rotatable bonds is 13. The van der Waals surface area contributed by atoms with E-state index in [0.717, 1.165) is 39.5 Å². The van der Waals surface area contributed by atoms with Crippen LogP contribution in [0.3, 0.4) is 0 Å². The third kappa shape index (κ3) is 7.14. The number of hydrogen-bond donors (Lipinski definition) is 1. The number of carboxylic acid groups (broad SMARTS) is 1. The maximum Gasteiger partial charge on any atom is 0.333 e. The van der Waals surface area contributed by atoms with Crippen molar-refractivity contribution in [3.8, 4) is 39.5 Å². The summed E-state index contributed by atoms with van der Waals surface area (Å²) in [6.07, 6.45) is 0.0469. The molecular weight excluding hydrogens is 480 g/mol. The van der Waals surface area contributed by atoms with Crippen molar-refractivity contribution in [2.24, 2.45) is 0 Å². The minimum absolute atomic E-state index is 0.256. The van der Waals surface area contributed by atoms with Gasteiger partial charge in [-0.25, -0.2) is 4.79 Å². The van der Waals surface area contributed by atoms with Crippen LogP contribution in [0.4, 0.5) is 0 Å². The van der Waals surface area contributed by atoms with Crippen LogP contribution in [-0.4, -0.2) is 44.6 Å². The summed E-state index contributed by atoms with van der Waals surface area (Å²) in [5, 5.41) is 9.37. The molecule has 6 nitrogen and oxygen atoms in total. The van der Waals surface area contributed by atoms with Gasteiger partial charge in [-0.2, -0.15) is 0 Å². The molecule has 0 aliphatic rings. The van der Waals surface area contributed by atoms with Crippen LogP contribution in [0.1, 0.15) is 12.0 Å². The number of carbonyl (C=O) groups is 1. The Hall–Kier alpha value is -4.29. The smallest absolute Gasteiger partial charge is 0.333 e. The molecule has 196 valence electrons. The maximum atomic E-state index is 11.4. The Morgan fingerprint density at radius 1 is 0.737 bits per heavy atom. The zero-order chi connectivity index (χ0) is 26.7. The fourth-order valence-corrected chi connectivity index (χ4v) is 4.12. The average Bonchev–Trinajstić information content (AvgIpc) is 2.97. The Morgan fingerprint density at radius 2 is 1.37 bits per heavy atom. The molecule has 4 aromatic rings. The van der Waals surface area contributed by atoms with Gasteiger partial charge < -0.3 is 24.1 Å². The van der Waals surface area contributed by atoms with E-state index in [-0.39, 0.29) is 6.42 Å². The molecule has 0 saturated heterocycles. The molecule has 0 amide bonds. The third-order valence-electron chi connectivity index (χ3n) is 6.20. The summed E-state index contributed by atoms with van der Waals surface area (Å²) < 4.78 is 22.4. The first-order chi connectivity index (χ1) is 18.6. The molecular formula is C32H32O6. The quantitative estimate of drug-likeness (QED) is 0.206. The van der Waals surface area contributed by atoms with Crippen molar-refractivity contribution >= 4 is 5.97 Å². The zero-order valence-corrected chi connectivity index (χ0v) is 21.6. The van der Waals surface area contributed by atoms with Crippen LogP contribution in [0.5, 0.6) is 17.2 Å². The lowest BCUT2D eigenvalue weighted by atomic mass is 9.99. The highest BCUT2D eigenvalue weighted by atomic mass is 16.5. The van der Waals surface area contributed by atoms with Crippen molar-refractivity contribution in [3.05, 3.63) is 103 Å². The van der Waals surface area contributed by atoms with E-state index in [9.17, 15) is 9.90 Å². The summed E-state index contributed by atoms with van der Waals surface area (Å²) in [6.45, 7) is 0.995. The van der Waals surface area contributed by atoms with Crippen LogP contribution in [0.25, 0.3) is 22.3 Å². The lowest BCUT2D eigenvalue weighted by molar-refractivity contribution is -0.148. The van der Waals surface area contributed by atoms with Crippen LogP contribution in [0.2, 0.25) is 0 Å². The Labute approximate surface area is 223 Å². The summed E-state index contributed by atoms with van der Waals surface area (Å²) in [4.78, 5) is 11.4. The molecule has 38 heavy (non-hydrogen) atoms. The van der Waals surface area contributed by atoms with E-state index < -0.39 is 12.1 Å². The third-order valence-corrected chi connectivity index (χ3v) is 6.20. The van der Waals surface area contributed by atoms with Gasteiger partial charge in [-0.05, 0) is 58.7 Å². The highest BCUT2D eigenvalue weighted by molar-refractivity contribution is 5.74. The standard InChI is InChI=1S/C32H32O6/c1-35-27-14-12-26(13-15-27)29-21-23(22-31(36-2)32(33)34)9-18-30(29)38-20-6-19-37-28-16-10-25(11-17-28)24-7-4-3-5-8-24/h3-5,7-18,21,31H,6,19-20,22H2,1-2H3,(H,33,34). The van der Waals surface area contributed by atoms with Gasteiger partial charge in [-0.3, -0.25) is 0 Å². The van der Waals surface area contributed by atoms with E-state index >= 15 is 0 Å². The van der Waals surface area contributed by atoms with Crippen molar-refractivity contribution in [1.82, 2.24) is 0 Å². The van der Waals surface area contributed by atoms with Crippen molar-refractivity contribution < 1.29 is 28.8 Å². The normalized spacial score (nSPS) is 11.5. The van der Waals surface area contributed by atoms with Gasteiger partial charge in [0.15, 0.2) is 6.10 Å². The first-order valence-corrected chi connectivity index (χ1v) is 12.5. The highest BCUT2D eigenvalue weighted by Crippen LogP contribution is 2.33. The summed E-state index contributed by atoms with van der Waals surface area (Å²) >= 11 is 0. The first-order valence-electron chi connectivity index (χ1n) is 12.5. The summed E-state index contributed by atoms with van der Waals surface area (Å²) in [6, 6.07) is 31.7. The molecule has 0 heterocycles. The Balaban J connectivity index is 1.38. The second-order valence-corrected chi connectivity index (χ2v) is 8.77. The van der Waals surface area contributed by atoms with Crippen LogP contribution in [0, 0.1) is 0 Å². The lowest BCUT2D eigenvalue weighted by Crippen LogP contribution is -2.24. The largest absolute Gasteiger partial charge is 0.497 e. The molecule has 1 unspecified atom stereocenters. The number of carboxylic acids is 1. The Bertz CT molecular complexity index is 1300. The second-order valence-electron chi connectivity index (χ2n) is 8.77. The van der Waals surface area contributed by atoms with Crippen LogP contribution in [0.15, 0.2) is 97.1 Å². The molecule has 6 heteroatoms. The summed E-state index contributed by atoms with van der Waals surface area (Å²) in [7, 11) is 3.03. The average molecular weight is 513 g/mol. The predicted molar refractivity (Wildman–Crippen MR) is 148 cm³/mol. The minimum atomic E-state index is -0.992. The zero-order valence-electron chi connectivity index (χ0n) is 21.6. The van der Waals surface area contributed by atoms with Gasteiger partial charge in [0, 0.05) is 25.5 Å². The number of ether oxygens (including phenoxy) is 4. The molecule has 0 aromatic heterocycles. The van der Waals surface area contributed by atoms with Gasteiger partial charge in [0.2, 0.25) is 0 Å². The fourth-order valence-electron chi connectivity index (χ4n) is 4.12. The van der Waals surface area contributed by atoms with Crippen molar-refractivity contribution in [1.29, 1.82) is 0 Å². The topological polar surface area (TPSA) is 74.2 Å². The molecule has 1 N–H and O–H groups in total. The molecule has 1 atom stereocenters. The molecule has 0 spiro atoms. The lowest BCUT2D eigenvalue weighted by Gasteiger charge is -2.16. The second kappa shape index (κ2) is 13.3. The molecule has 0 bridgehead atoms. The van der Waals surface area contributed by atoms with Crippen molar-refractivity contribution in [2.45, 2.75) is 18.9 Å². The van der Waals surface area contributed by atoms with Crippen LogP contribution in [-0.2, 0) is 16.0 Å². The van der Waals surface area contributed by atoms with E-state index in [1.807, 2.05) is 72.8 Å². The van der Waals surface area contributed by atoms with Crippen molar-refractivity contribution in [3.63, 3.8) is 0 Å². The van der Waals surface area contributed by atoms with Crippen molar-refractivity contribution in [2.75, 3.05) is 27.4 Å². The van der Waals surface area contributed by atoms with Gasteiger partial charge in [0.25, 0.3) is 0 Å². The maximum absolute atomic E-state index is 11.4. The number of hydrogen-bond acceptors (Lipinski definition) is 5. The SMILES string of the molecule is COc1ccc(-c2cc(CC(OC)C(=O)O)ccc2OCCCOc2ccc(-c3ccccc3)cc2)cc1. The number of methoxy groups -OCH3 is 2. The minimum Gasteiger partial charge on any atom is -0.497 e. The molecule has 0 aliphatic heterocycles. The van der Waals surface area contributed by atoms with Gasteiger partial charge >= 0.3 is 5.97 Å². The van der Waals surface area contributed by atoms with Crippen LogP contribution >= 0.6 is 0 Å². The summed E-state index contributed by atoms with van der Waals surface area (Å²) in [5.74, 6) is 1.30. The predicted octanol–water partition coefficient (Wildman–Crippen LogP) is 6.52. The van der Waals surface area contributed by atoms with E-state index in [1.165, 1.54) is 12.7 Å². The molecule has 0 aliphatic carbocycles.